The molecule has 1 fully saturated rings. The molecule has 5 nitrogen and oxygen atoms in total. The fourth-order valence-electron chi connectivity index (χ4n) is 3.32. The summed E-state index contributed by atoms with van der Waals surface area (Å²) in [6, 6.07) is 14.7. The molecule has 0 aromatic heterocycles. The van der Waals surface area contributed by atoms with Crippen LogP contribution in [0.3, 0.4) is 0 Å². The van der Waals surface area contributed by atoms with Crippen molar-refractivity contribution in [1.29, 1.82) is 0 Å². The van der Waals surface area contributed by atoms with Gasteiger partial charge in [0.15, 0.2) is 9.84 Å². The van der Waals surface area contributed by atoms with Gasteiger partial charge < -0.3 is 9.84 Å². The van der Waals surface area contributed by atoms with E-state index in [-0.39, 0.29) is 24.2 Å². The molecule has 0 radical (unpaired) electrons. The molecule has 2 aromatic carbocycles. The Morgan fingerprint density at radius 3 is 2.64 bits per heavy atom. The second-order valence-corrected chi connectivity index (χ2v) is 10.6. The number of aliphatic hydroxyl groups excluding tert-OH is 1. The Morgan fingerprint density at radius 2 is 2.00 bits per heavy atom. The molecule has 1 heterocycles. The highest BCUT2D eigenvalue weighted by molar-refractivity contribution is 9.10. The van der Waals surface area contributed by atoms with E-state index in [9.17, 15) is 13.5 Å². The minimum absolute atomic E-state index is 0.103. The predicted octanol–water partition coefficient (Wildman–Crippen LogP) is 3.53. The highest BCUT2D eigenvalue weighted by Gasteiger charge is 2.33. The first kappa shape index (κ1) is 21.6. The number of sulfone groups is 1. The molecule has 1 aliphatic rings. The van der Waals surface area contributed by atoms with Gasteiger partial charge in [-0.2, -0.15) is 0 Å². The summed E-state index contributed by atoms with van der Waals surface area (Å²) in [6.07, 6.45) is -0.160. The average Bonchev–Trinajstić information content (AvgIpc) is 3.01. The quantitative estimate of drug-likeness (QED) is 0.616. The van der Waals surface area contributed by atoms with Crippen molar-refractivity contribution >= 4 is 37.4 Å². The van der Waals surface area contributed by atoms with Gasteiger partial charge in [0.05, 0.1) is 11.5 Å². The summed E-state index contributed by atoms with van der Waals surface area (Å²) in [6.45, 7) is 1.02. The van der Waals surface area contributed by atoms with Gasteiger partial charge in [-0.25, -0.2) is 8.42 Å². The van der Waals surface area contributed by atoms with E-state index < -0.39 is 15.9 Å². The summed E-state index contributed by atoms with van der Waals surface area (Å²) in [5.74, 6) is 0.959. The maximum atomic E-state index is 11.9. The smallest absolute Gasteiger partial charge is 0.151 e. The Bertz CT molecular complexity index is 891. The van der Waals surface area contributed by atoms with Crippen molar-refractivity contribution in [3.63, 3.8) is 0 Å². The second kappa shape index (κ2) is 9.59. The summed E-state index contributed by atoms with van der Waals surface area (Å²) < 4.78 is 30.5. The van der Waals surface area contributed by atoms with Crippen LogP contribution in [0.15, 0.2) is 53.0 Å². The molecule has 0 spiro atoms. The standard InChI is InChI=1S/C20H23BrClNO4S/c21-16-3-1-2-15(10-16)11-23(18-8-9-28(25,26)14-18)12-19(24)13-27-20-6-4-17(22)5-7-20/h1-7,10,18-19,24H,8-9,11-14H2. The number of aliphatic hydroxyl groups is 1. The van der Waals surface area contributed by atoms with Crippen LogP contribution in [0.25, 0.3) is 0 Å². The first-order valence-electron chi connectivity index (χ1n) is 9.06. The lowest BCUT2D eigenvalue weighted by Crippen LogP contribution is -2.42. The van der Waals surface area contributed by atoms with E-state index in [1.807, 2.05) is 29.2 Å². The van der Waals surface area contributed by atoms with Crippen LogP contribution in [0.2, 0.25) is 5.02 Å². The Hall–Kier alpha value is -1.12. The van der Waals surface area contributed by atoms with E-state index in [0.29, 0.717) is 30.3 Å². The van der Waals surface area contributed by atoms with Gasteiger partial charge in [-0.1, -0.05) is 39.7 Å². The SMILES string of the molecule is O=S1(=O)CCC(N(Cc2cccc(Br)c2)CC(O)COc2ccc(Cl)cc2)C1. The number of rotatable bonds is 8. The summed E-state index contributed by atoms with van der Waals surface area (Å²) in [7, 11) is -3.01. The van der Waals surface area contributed by atoms with Crippen LogP contribution in [-0.4, -0.2) is 55.2 Å². The summed E-state index contributed by atoms with van der Waals surface area (Å²) >= 11 is 9.33. The van der Waals surface area contributed by atoms with Gasteiger partial charge in [-0.15, -0.1) is 0 Å². The molecule has 2 atom stereocenters. The van der Waals surface area contributed by atoms with Gasteiger partial charge >= 0.3 is 0 Å². The zero-order chi connectivity index (χ0) is 20.1. The van der Waals surface area contributed by atoms with E-state index in [1.165, 1.54) is 0 Å². The molecule has 1 aliphatic heterocycles. The molecule has 28 heavy (non-hydrogen) atoms. The van der Waals surface area contributed by atoms with Gasteiger partial charge in [0, 0.05) is 28.6 Å². The maximum Gasteiger partial charge on any atom is 0.151 e. The van der Waals surface area contributed by atoms with E-state index >= 15 is 0 Å². The summed E-state index contributed by atoms with van der Waals surface area (Å²) in [5, 5.41) is 11.1. The molecular formula is C20H23BrClNO4S. The predicted molar refractivity (Wildman–Crippen MR) is 115 cm³/mol. The minimum atomic E-state index is -3.01. The lowest BCUT2D eigenvalue weighted by molar-refractivity contribution is 0.0525. The van der Waals surface area contributed by atoms with Crippen LogP contribution in [0.1, 0.15) is 12.0 Å². The highest BCUT2D eigenvalue weighted by Crippen LogP contribution is 2.22. The third kappa shape index (κ3) is 6.46. The largest absolute Gasteiger partial charge is 0.491 e. The van der Waals surface area contributed by atoms with Crippen LogP contribution in [0.5, 0.6) is 5.75 Å². The molecule has 152 valence electrons. The Labute approximate surface area is 179 Å². The molecule has 3 rings (SSSR count). The van der Waals surface area contributed by atoms with Crippen molar-refractivity contribution in [1.82, 2.24) is 4.90 Å². The number of hydrogen-bond acceptors (Lipinski definition) is 5. The Morgan fingerprint density at radius 1 is 1.25 bits per heavy atom. The van der Waals surface area contributed by atoms with Crippen LogP contribution < -0.4 is 4.74 Å². The first-order chi connectivity index (χ1) is 13.3. The average molecular weight is 489 g/mol. The van der Waals surface area contributed by atoms with E-state index in [0.717, 1.165) is 10.0 Å². The van der Waals surface area contributed by atoms with Crippen molar-refractivity contribution < 1.29 is 18.3 Å². The third-order valence-corrected chi connectivity index (χ3v) is 7.20. The van der Waals surface area contributed by atoms with Crippen molar-refractivity contribution in [3.8, 4) is 5.75 Å². The van der Waals surface area contributed by atoms with Gasteiger partial charge in [0.2, 0.25) is 0 Å². The molecule has 0 aliphatic carbocycles. The summed E-state index contributed by atoms with van der Waals surface area (Å²) in [5.41, 5.74) is 1.06. The third-order valence-electron chi connectivity index (χ3n) is 4.70. The van der Waals surface area contributed by atoms with Crippen molar-refractivity contribution in [2.45, 2.75) is 25.1 Å². The van der Waals surface area contributed by atoms with Crippen LogP contribution in [0.4, 0.5) is 0 Å². The van der Waals surface area contributed by atoms with Gasteiger partial charge in [-0.05, 0) is 48.4 Å². The fraction of sp³-hybridized carbons (Fsp3) is 0.400. The highest BCUT2D eigenvalue weighted by atomic mass is 79.9. The number of benzene rings is 2. The Balaban J connectivity index is 1.64. The van der Waals surface area contributed by atoms with Crippen molar-refractivity contribution in [2.75, 3.05) is 24.7 Å². The fourth-order valence-corrected chi connectivity index (χ4v) is 5.66. The minimum Gasteiger partial charge on any atom is -0.491 e. The zero-order valence-corrected chi connectivity index (χ0v) is 18.5. The Kier molecular flexibility index (Phi) is 7.39. The molecule has 8 heteroatoms. The second-order valence-electron chi connectivity index (χ2n) is 7.03. The van der Waals surface area contributed by atoms with Crippen LogP contribution in [-0.2, 0) is 16.4 Å². The number of ether oxygens (including phenoxy) is 1. The summed E-state index contributed by atoms with van der Waals surface area (Å²) in [4.78, 5) is 2.04. The molecule has 2 unspecified atom stereocenters. The van der Waals surface area contributed by atoms with Crippen molar-refractivity contribution in [2.24, 2.45) is 0 Å². The van der Waals surface area contributed by atoms with E-state index in [1.54, 1.807) is 24.3 Å². The van der Waals surface area contributed by atoms with E-state index in [4.69, 9.17) is 16.3 Å². The number of halogens is 2. The number of nitrogens with zero attached hydrogens (tertiary/aromatic N) is 1. The normalized spacial score (nSPS) is 19.6. The molecule has 1 N–H and O–H groups in total. The lowest BCUT2D eigenvalue weighted by atomic mass is 10.1. The molecule has 0 amide bonds. The molecule has 0 saturated carbocycles. The molecule has 2 aromatic rings. The number of hydrogen-bond donors (Lipinski definition) is 1. The first-order valence-corrected chi connectivity index (χ1v) is 12.1. The van der Waals surface area contributed by atoms with Gasteiger partial charge in [0.1, 0.15) is 18.5 Å². The molecular weight excluding hydrogens is 466 g/mol. The van der Waals surface area contributed by atoms with Crippen molar-refractivity contribution in [3.05, 3.63) is 63.6 Å². The molecule has 1 saturated heterocycles. The van der Waals surface area contributed by atoms with Gasteiger partial charge in [0.25, 0.3) is 0 Å². The lowest BCUT2D eigenvalue weighted by Gasteiger charge is -2.30. The van der Waals surface area contributed by atoms with Gasteiger partial charge in [-0.3, -0.25) is 4.90 Å². The van der Waals surface area contributed by atoms with Crippen LogP contribution >= 0.6 is 27.5 Å². The molecule has 0 bridgehead atoms. The van der Waals surface area contributed by atoms with E-state index in [2.05, 4.69) is 15.9 Å². The monoisotopic (exact) mass is 487 g/mol. The maximum absolute atomic E-state index is 11.9. The van der Waals surface area contributed by atoms with Crippen LogP contribution in [0, 0.1) is 0 Å². The zero-order valence-electron chi connectivity index (χ0n) is 15.3. The topological polar surface area (TPSA) is 66.8 Å².